The van der Waals surface area contributed by atoms with Gasteiger partial charge < -0.3 is 14.8 Å². The van der Waals surface area contributed by atoms with Crippen molar-refractivity contribution in [2.75, 3.05) is 12.4 Å². The van der Waals surface area contributed by atoms with Gasteiger partial charge in [-0.15, -0.1) is 0 Å². The average Bonchev–Trinajstić information content (AvgIpc) is 2.67. The molecule has 0 unspecified atom stereocenters. The summed E-state index contributed by atoms with van der Waals surface area (Å²) in [5, 5.41) is 3.18. The molecule has 0 aromatic heterocycles. The summed E-state index contributed by atoms with van der Waals surface area (Å²) < 4.78 is 9.68. The van der Waals surface area contributed by atoms with E-state index in [1.807, 2.05) is 0 Å². The number of amides is 1. The maximum absolute atomic E-state index is 12.0. The van der Waals surface area contributed by atoms with Gasteiger partial charge in [0.2, 0.25) is 0 Å². The van der Waals surface area contributed by atoms with Gasteiger partial charge in [0.1, 0.15) is 0 Å². The van der Waals surface area contributed by atoms with Gasteiger partial charge in [-0.3, -0.25) is 4.79 Å². The highest BCUT2D eigenvalue weighted by Crippen LogP contribution is 2.14. The molecule has 7 heteroatoms. The van der Waals surface area contributed by atoms with Gasteiger partial charge in [-0.1, -0.05) is 23.7 Å². The van der Waals surface area contributed by atoms with E-state index in [2.05, 4.69) is 10.1 Å². The summed E-state index contributed by atoms with van der Waals surface area (Å²) in [5.74, 6) is -1.56. The van der Waals surface area contributed by atoms with Crippen LogP contribution in [-0.2, 0) is 19.1 Å². The molecule has 0 radical (unpaired) electrons. The van der Waals surface area contributed by atoms with E-state index < -0.39 is 23.9 Å². The molecule has 2 rings (SSSR count). The second-order valence-electron chi connectivity index (χ2n) is 5.52. The van der Waals surface area contributed by atoms with Crippen LogP contribution in [0.4, 0.5) is 5.69 Å². The van der Waals surface area contributed by atoms with E-state index in [1.165, 1.54) is 26.2 Å². The van der Waals surface area contributed by atoms with Crippen LogP contribution in [0.2, 0.25) is 5.02 Å². The normalized spacial score (nSPS) is 11.7. The first kappa shape index (κ1) is 20.2. The molecule has 1 amide bonds. The number of carbonyl (C=O) groups excluding carboxylic acids is 3. The van der Waals surface area contributed by atoms with Crippen LogP contribution in [0.1, 0.15) is 22.8 Å². The predicted octanol–water partition coefficient (Wildman–Crippen LogP) is 3.71. The van der Waals surface area contributed by atoms with E-state index >= 15 is 0 Å². The Labute approximate surface area is 161 Å². The number of ether oxygens (including phenoxy) is 2. The number of nitrogens with one attached hydrogen (secondary N) is 1. The number of esters is 2. The third kappa shape index (κ3) is 6.27. The Morgan fingerprint density at radius 1 is 1.04 bits per heavy atom. The van der Waals surface area contributed by atoms with Crippen LogP contribution >= 0.6 is 11.6 Å². The van der Waals surface area contributed by atoms with E-state index in [4.69, 9.17) is 16.3 Å². The van der Waals surface area contributed by atoms with Crippen molar-refractivity contribution < 1.29 is 23.9 Å². The minimum Gasteiger partial charge on any atom is -0.465 e. The summed E-state index contributed by atoms with van der Waals surface area (Å²) in [4.78, 5) is 35.3. The molecular weight excluding hydrogens is 370 g/mol. The SMILES string of the molecule is COC(=O)c1ccc(/C=C/C(=O)O[C@H](C)C(=O)Nc2ccc(Cl)cc2)cc1. The molecule has 0 fully saturated rings. The molecule has 0 spiro atoms. The van der Waals surface area contributed by atoms with Gasteiger partial charge >= 0.3 is 11.9 Å². The van der Waals surface area contributed by atoms with Crippen LogP contribution in [0.5, 0.6) is 0 Å². The number of halogens is 1. The topological polar surface area (TPSA) is 81.7 Å². The van der Waals surface area contributed by atoms with Crippen molar-refractivity contribution in [3.05, 3.63) is 70.8 Å². The molecule has 0 aliphatic carbocycles. The molecule has 1 atom stereocenters. The quantitative estimate of drug-likeness (QED) is 0.603. The van der Waals surface area contributed by atoms with Gasteiger partial charge in [0.05, 0.1) is 12.7 Å². The Hall–Kier alpha value is -3.12. The van der Waals surface area contributed by atoms with Crippen LogP contribution in [0, 0.1) is 0 Å². The maximum atomic E-state index is 12.0. The van der Waals surface area contributed by atoms with Gasteiger partial charge in [-0.05, 0) is 55.0 Å². The van der Waals surface area contributed by atoms with Gasteiger partial charge in [0, 0.05) is 16.8 Å². The number of hydrogen-bond acceptors (Lipinski definition) is 5. The lowest BCUT2D eigenvalue weighted by molar-refractivity contribution is -0.148. The molecule has 2 aromatic carbocycles. The minimum atomic E-state index is -0.973. The molecule has 140 valence electrons. The third-order valence-corrected chi connectivity index (χ3v) is 3.77. The van der Waals surface area contributed by atoms with Gasteiger partial charge in [0.15, 0.2) is 6.10 Å². The fraction of sp³-hybridized carbons (Fsp3) is 0.150. The van der Waals surface area contributed by atoms with E-state index in [9.17, 15) is 14.4 Å². The number of methoxy groups -OCH3 is 1. The van der Waals surface area contributed by atoms with E-state index in [0.29, 0.717) is 21.8 Å². The zero-order valence-electron chi connectivity index (χ0n) is 14.8. The molecule has 1 N–H and O–H groups in total. The summed E-state index contributed by atoms with van der Waals surface area (Å²) in [6.45, 7) is 1.47. The van der Waals surface area contributed by atoms with Gasteiger partial charge in [0.25, 0.3) is 5.91 Å². The van der Waals surface area contributed by atoms with Crippen LogP contribution in [0.3, 0.4) is 0 Å². The molecular formula is C20H18ClNO5. The van der Waals surface area contributed by atoms with Crippen LogP contribution in [0.25, 0.3) is 6.08 Å². The number of anilines is 1. The van der Waals surface area contributed by atoms with Gasteiger partial charge in [-0.25, -0.2) is 9.59 Å². The second kappa shape index (κ2) is 9.54. The Bertz CT molecular complexity index is 844. The standard InChI is InChI=1S/C20H18ClNO5/c1-13(19(24)22-17-10-8-16(21)9-11-17)27-18(23)12-5-14-3-6-15(7-4-14)20(25)26-2/h3-13H,1-2H3,(H,22,24)/b12-5+/t13-/m1/s1. The van der Waals surface area contributed by atoms with Crippen LogP contribution in [0.15, 0.2) is 54.6 Å². The number of hydrogen-bond donors (Lipinski definition) is 1. The largest absolute Gasteiger partial charge is 0.465 e. The Kier molecular flexibility index (Phi) is 7.14. The number of rotatable bonds is 6. The van der Waals surface area contributed by atoms with Crippen LogP contribution in [-0.4, -0.2) is 31.1 Å². The van der Waals surface area contributed by atoms with Crippen molar-refractivity contribution >= 4 is 41.2 Å². The maximum Gasteiger partial charge on any atom is 0.337 e. The van der Waals surface area contributed by atoms with Crippen molar-refractivity contribution in [1.29, 1.82) is 0 Å². The second-order valence-corrected chi connectivity index (χ2v) is 5.96. The van der Waals surface area contributed by atoms with Gasteiger partial charge in [-0.2, -0.15) is 0 Å². The average molecular weight is 388 g/mol. The predicted molar refractivity (Wildman–Crippen MR) is 102 cm³/mol. The zero-order chi connectivity index (χ0) is 19.8. The summed E-state index contributed by atoms with van der Waals surface area (Å²) in [6.07, 6.45) is 1.76. The Morgan fingerprint density at radius 2 is 1.67 bits per heavy atom. The highest BCUT2D eigenvalue weighted by atomic mass is 35.5. The summed E-state index contributed by atoms with van der Waals surface area (Å²) in [5.41, 5.74) is 1.65. The first-order valence-electron chi connectivity index (χ1n) is 8.02. The van der Waals surface area contributed by atoms with Crippen molar-refractivity contribution in [3.8, 4) is 0 Å². The highest BCUT2D eigenvalue weighted by Gasteiger charge is 2.16. The first-order chi connectivity index (χ1) is 12.9. The Balaban J connectivity index is 1.88. The third-order valence-electron chi connectivity index (χ3n) is 3.52. The van der Waals surface area contributed by atoms with E-state index in [0.717, 1.165) is 0 Å². The number of carbonyl (C=O) groups is 3. The lowest BCUT2D eigenvalue weighted by Gasteiger charge is -2.12. The lowest BCUT2D eigenvalue weighted by Crippen LogP contribution is -2.29. The molecule has 0 heterocycles. The summed E-state index contributed by atoms with van der Waals surface area (Å²) >= 11 is 5.78. The van der Waals surface area contributed by atoms with Crippen molar-refractivity contribution in [2.45, 2.75) is 13.0 Å². The monoisotopic (exact) mass is 387 g/mol. The molecule has 0 saturated carbocycles. The van der Waals surface area contributed by atoms with Crippen LogP contribution < -0.4 is 5.32 Å². The summed E-state index contributed by atoms with van der Waals surface area (Å²) in [7, 11) is 1.30. The van der Waals surface area contributed by atoms with Crippen molar-refractivity contribution in [3.63, 3.8) is 0 Å². The fourth-order valence-electron chi connectivity index (χ4n) is 2.06. The number of benzene rings is 2. The molecule has 0 aliphatic heterocycles. The fourth-order valence-corrected chi connectivity index (χ4v) is 2.18. The molecule has 27 heavy (non-hydrogen) atoms. The highest BCUT2D eigenvalue weighted by molar-refractivity contribution is 6.30. The minimum absolute atomic E-state index is 0.407. The molecule has 2 aromatic rings. The lowest BCUT2D eigenvalue weighted by atomic mass is 10.1. The molecule has 0 bridgehead atoms. The van der Waals surface area contributed by atoms with Crippen molar-refractivity contribution in [2.24, 2.45) is 0 Å². The smallest absolute Gasteiger partial charge is 0.337 e. The summed E-state index contributed by atoms with van der Waals surface area (Å²) in [6, 6.07) is 13.1. The molecule has 0 aliphatic rings. The first-order valence-corrected chi connectivity index (χ1v) is 8.40. The molecule has 0 saturated heterocycles. The van der Waals surface area contributed by atoms with E-state index in [1.54, 1.807) is 48.5 Å². The Morgan fingerprint density at radius 3 is 2.26 bits per heavy atom. The molecule has 6 nitrogen and oxygen atoms in total. The van der Waals surface area contributed by atoms with E-state index in [-0.39, 0.29) is 0 Å². The zero-order valence-corrected chi connectivity index (χ0v) is 15.5. The van der Waals surface area contributed by atoms with Crippen molar-refractivity contribution in [1.82, 2.24) is 0 Å².